The van der Waals surface area contributed by atoms with Gasteiger partial charge in [-0.1, -0.05) is 7.43 Å². The van der Waals surface area contributed by atoms with Gasteiger partial charge in [0.05, 0.1) is 13.7 Å². The van der Waals surface area contributed by atoms with E-state index in [9.17, 15) is 0 Å². The molecule has 0 aromatic carbocycles. The molecule has 3 heteroatoms. The normalized spacial score (nSPS) is 9.33. The van der Waals surface area contributed by atoms with Crippen molar-refractivity contribution in [2.75, 3.05) is 34.4 Å². The first-order chi connectivity index (χ1) is 3.81. The monoisotopic (exact) mass is 135 g/mol. The van der Waals surface area contributed by atoms with E-state index in [0.717, 1.165) is 6.54 Å². The average Bonchev–Trinajstić information content (AvgIpc) is 1.83. The number of rotatable bonds is 4. The first kappa shape index (κ1) is 11.6. The third kappa shape index (κ3) is 7.88. The molecule has 0 aliphatic rings. The minimum absolute atomic E-state index is 0. The van der Waals surface area contributed by atoms with Crippen LogP contribution in [0.15, 0.2) is 0 Å². The molecule has 0 radical (unpaired) electrons. The van der Waals surface area contributed by atoms with Gasteiger partial charge in [-0.25, -0.2) is 0 Å². The van der Waals surface area contributed by atoms with Gasteiger partial charge >= 0.3 is 0 Å². The third-order valence-corrected chi connectivity index (χ3v) is 0.922. The zero-order chi connectivity index (χ0) is 6.41. The predicted octanol–water partition coefficient (Wildman–Crippen LogP) is 0.762. The van der Waals surface area contributed by atoms with Crippen molar-refractivity contribution in [3.63, 3.8) is 0 Å². The summed E-state index contributed by atoms with van der Waals surface area (Å²) in [5.74, 6) is 0. The van der Waals surface area contributed by atoms with E-state index in [-0.39, 0.29) is 7.43 Å². The molecule has 0 aromatic heterocycles. The zero-order valence-corrected chi connectivity index (χ0v) is 5.68. The molecule has 0 spiro atoms. The lowest BCUT2D eigenvalue weighted by atomic mass is 10.7. The van der Waals surface area contributed by atoms with Gasteiger partial charge in [0.15, 0.2) is 0 Å². The molecule has 0 aromatic rings. The minimum Gasteiger partial charge on any atom is -0.383 e. The fraction of sp³-hybridized carbons (Fsp3) is 1.00. The number of nitrogens with zero attached hydrogens (tertiary/aromatic N) is 1. The summed E-state index contributed by atoms with van der Waals surface area (Å²) < 4.78 is 4.79. The van der Waals surface area contributed by atoms with Crippen LogP contribution in [0.3, 0.4) is 0 Å². The molecule has 0 aliphatic heterocycles. The fourth-order valence-electron chi connectivity index (χ4n) is 0.311. The first-order valence-electron chi connectivity index (χ1n) is 2.55. The van der Waals surface area contributed by atoms with Gasteiger partial charge in [0.2, 0.25) is 0 Å². The molecule has 0 unspecified atom stereocenters. The highest BCUT2D eigenvalue weighted by Crippen LogP contribution is 1.78. The van der Waals surface area contributed by atoms with E-state index in [1.54, 1.807) is 19.3 Å². The summed E-state index contributed by atoms with van der Waals surface area (Å²) in [6.45, 7) is 1.53. The predicted molar refractivity (Wildman–Crippen MR) is 38.2 cm³/mol. The summed E-state index contributed by atoms with van der Waals surface area (Å²) in [5, 5.41) is 1.71. The molecule has 0 rings (SSSR count). The van der Waals surface area contributed by atoms with Crippen LogP contribution in [0, 0.1) is 0 Å². The number of methoxy groups -OCH3 is 1. The highest BCUT2D eigenvalue weighted by molar-refractivity contribution is 4.31. The van der Waals surface area contributed by atoms with Crippen LogP contribution in [0.4, 0.5) is 0 Å². The lowest BCUT2D eigenvalue weighted by Gasteiger charge is -2.11. The van der Waals surface area contributed by atoms with Gasteiger partial charge in [0.25, 0.3) is 0 Å². The molecule has 0 saturated heterocycles. The number of hydroxylamine groups is 2. The van der Waals surface area contributed by atoms with Gasteiger partial charge in [0.1, 0.15) is 0 Å². The van der Waals surface area contributed by atoms with Crippen molar-refractivity contribution in [2.45, 2.75) is 7.43 Å². The Morgan fingerprint density at radius 2 is 1.89 bits per heavy atom. The van der Waals surface area contributed by atoms with Crippen molar-refractivity contribution < 1.29 is 9.57 Å². The van der Waals surface area contributed by atoms with Crippen molar-refractivity contribution in [1.82, 2.24) is 5.06 Å². The number of ether oxygens (including phenoxy) is 1. The van der Waals surface area contributed by atoms with E-state index in [0.29, 0.717) is 6.61 Å². The Hall–Kier alpha value is -0.120. The van der Waals surface area contributed by atoms with Crippen LogP contribution >= 0.6 is 0 Å². The Labute approximate surface area is 57.5 Å². The smallest absolute Gasteiger partial charge is 0.0612 e. The molecule has 0 heterocycles. The molecule has 9 heavy (non-hydrogen) atoms. The molecule has 0 atom stereocenters. The highest BCUT2D eigenvalue weighted by atomic mass is 16.7. The molecule has 0 aliphatic carbocycles. The lowest BCUT2D eigenvalue weighted by Crippen LogP contribution is -2.21. The number of hydrogen-bond acceptors (Lipinski definition) is 3. The van der Waals surface area contributed by atoms with E-state index >= 15 is 0 Å². The first-order valence-corrected chi connectivity index (χ1v) is 2.55. The SMILES string of the molecule is C.COCCN(C)OC. The Morgan fingerprint density at radius 1 is 1.33 bits per heavy atom. The zero-order valence-electron chi connectivity index (χ0n) is 5.68. The highest BCUT2D eigenvalue weighted by Gasteiger charge is 1.90. The summed E-state index contributed by atoms with van der Waals surface area (Å²) in [6.07, 6.45) is 0. The summed E-state index contributed by atoms with van der Waals surface area (Å²) in [5.41, 5.74) is 0. The summed E-state index contributed by atoms with van der Waals surface area (Å²) >= 11 is 0. The third-order valence-electron chi connectivity index (χ3n) is 0.922. The van der Waals surface area contributed by atoms with E-state index in [4.69, 9.17) is 9.57 Å². The number of likely N-dealkylation sites (N-methyl/N-ethyl adjacent to an activating group) is 1. The summed E-state index contributed by atoms with van der Waals surface area (Å²) in [4.78, 5) is 4.81. The summed E-state index contributed by atoms with van der Waals surface area (Å²) in [6, 6.07) is 0. The van der Waals surface area contributed by atoms with Crippen LogP contribution in [0.2, 0.25) is 0 Å². The number of hydrogen-bond donors (Lipinski definition) is 0. The maximum atomic E-state index is 4.81. The second kappa shape index (κ2) is 7.88. The van der Waals surface area contributed by atoms with E-state index in [1.165, 1.54) is 0 Å². The molecule has 0 fully saturated rings. The van der Waals surface area contributed by atoms with Crippen molar-refractivity contribution >= 4 is 0 Å². The van der Waals surface area contributed by atoms with Crippen LogP contribution in [0.25, 0.3) is 0 Å². The second-order valence-corrected chi connectivity index (χ2v) is 1.53. The average molecular weight is 135 g/mol. The van der Waals surface area contributed by atoms with Crippen molar-refractivity contribution in [3.8, 4) is 0 Å². The Morgan fingerprint density at radius 3 is 2.22 bits per heavy atom. The Balaban J connectivity index is 0. The standard InChI is InChI=1S/C5H13NO2.CH4/c1-6(8-3)4-5-7-2;/h4-5H2,1-3H3;1H4. The molecule has 58 valence electrons. The summed E-state index contributed by atoms with van der Waals surface area (Å²) in [7, 11) is 5.16. The molecule has 0 saturated carbocycles. The van der Waals surface area contributed by atoms with Gasteiger partial charge < -0.3 is 9.57 Å². The van der Waals surface area contributed by atoms with E-state index in [1.807, 2.05) is 7.05 Å². The van der Waals surface area contributed by atoms with Crippen molar-refractivity contribution in [1.29, 1.82) is 0 Å². The molecule has 0 bridgehead atoms. The molecule has 0 N–H and O–H groups in total. The molecular formula is C6H17NO2. The van der Waals surface area contributed by atoms with Crippen molar-refractivity contribution in [2.24, 2.45) is 0 Å². The topological polar surface area (TPSA) is 21.7 Å². The lowest BCUT2D eigenvalue weighted by molar-refractivity contribution is -0.117. The van der Waals surface area contributed by atoms with Crippen LogP contribution in [0.1, 0.15) is 7.43 Å². The maximum Gasteiger partial charge on any atom is 0.0612 e. The van der Waals surface area contributed by atoms with Gasteiger partial charge in [-0.15, -0.1) is 0 Å². The van der Waals surface area contributed by atoms with Crippen LogP contribution < -0.4 is 0 Å². The van der Waals surface area contributed by atoms with Crippen LogP contribution in [-0.4, -0.2) is 39.5 Å². The van der Waals surface area contributed by atoms with Crippen LogP contribution in [0.5, 0.6) is 0 Å². The van der Waals surface area contributed by atoms with E-state index < -0.39 is 0 Å². The van der Waals surface area contributed by atoms with Crippen LogP contribution in [-0.2, 0) is 9.57 Å². The van der Waals surface area contributed by atoms with Gasteiger partial charge in [-0.05, 0) is 0 Å². The Bertz CT molecular complexity index is 50.3. The van der Waals surface area contributed by atoms with Gasteiger partial charge in [0, 0.05) is 20.7 Å². The van der Waals surface area contributed by atoms with Gasteiger partial charge in [-0.3, -0.25) is 0 Å². The maximum absolute atomic E-state index is 4.81. The Kier molecular flexibility index (Phi) is 10.2. The molecule has 3 nitrogen and oxygen atoms in total. The quantitative estimate of drug-likeness (QED) is 0.531. The fourth-order valence-corrected chi connectivity index (χ4v) is 0.311. The van der Waals surface area contributed by atoms with Crippen molar-refractivity contribution in [3.05, 3.63) is 0 Å². The second-order valence-electron chi connectivity index (χ2n) is 1.53. The molecule has 0 amide bonds. The molecular weight excluding hydrogens is 118 g/mol. The van der Waals surface area contributed by atoms with E-state index in [2.05, 4.69) is 0 Å². The minimum atomic E-state index is 0. The van der Waals surface area contributed by atoms with Gasteiger partial charge in [-0.2, -0.15) is 5.06 Å². The largest absolute Gasteiger partial charge is 0.383 e.